The fourth-order valence-electron chi connectivity index (χ4n) is 4.82. The van der Waals surface area contributed by atoms with Crippen molar-refractivity contribution < 1.29 is 35.6 Å². The third-order valence-electron chi connectivity index (χ3n) is 6.45. The van der Waals surface area contributed by atoms with Gasteiger partial charge in [-0.3, -0.25) is 15.1 Å². The lowest BCUT2D eigenvalue weighted by Gasteiger charge is -2.28. The number of nitrogens with zero attached hydrogens (tertiary/aromatic N) is 1. The Bertz CT molecular complexity index is 1420. The summed E-state index contributed by atoms with van der Waals surface area (Å²) in [6, 6.07) is 7.95. The van der Waals surface area contributed by atoms with Gasteiger partial charge in [-0.15, -0.1) is 0 Å². The lowest BCUT2D eigenvalue weighted by molar-refractivity contribution is -0.139. The Morgan fingerprint density at radius 2 is 1.97 bits per heavy atom. The SMILES string of the molecule is O=C1NC(=O)C2(CCCC2CNS(=O)(=O)c2c(C(F)(F)F)ccnc2-c2cc3ccccc3o2)N1. The van der Waals surface area contributed by atoms with Crippen LogP contribution in [0.3, 0.4) is 0 Å². The van der Waals surface area contributed by atoms with Crippen molar-refractivity contribution in [2.75, 3.05) is 6.54 Å². The first-order valence-corrected chi connectivity index (χ1v) is 12.2. The normalized spacial score (nSPS) is 22.7. The molecule has 1 aliphatic carbocycles. The fraction of sp³-hybridized carbons (Fsp3) is 0.318. The van der Waals surface area contributed by atoms with Crippen LogP contribution < -0.4 is 15.4 Å². The van der Waals surface area contributed by atoms with Crippen LogP contribution in [0.1, 0.15) is 24.8 Å². The van der Waals surface area contributed by atoms with Crippen molar-refractivity contribution in [3.05, 3.63) is 48.2 Å². The van der Waals surface area contributed by atoms with Gasteiger partial charge in [-0.25, -0.2) is 17.9 Å². The highest BCUT2D eigenvalue weighted by molar-refractivity contribution is 7.89. The van der Waals surface area contributed by atoms with Gasteiger partial charge >= 0.3 is 12.2 Å². The Hall–Kier alpha value is -3.45. The second-order valence-corrected chi connectivity index (χ2v) is 10.2. The molecule has 0 radical (unpaired) electrons. The molecule has 1 spiro atoms. The molecule has 3 N–H and O–H groups in total. The van der Waals surface area contributed by atoms with E-state index in [-0.39, 0.29) is 12.3 Å². The number of urea groups is 1. The fourth-order valence-corrected chi connectivity index (χ4v) is 6.27. The number of halogens is 3. The third kappa shape index (κ3) is 3.93. The van der Waals surface area contributed by atoms with E-state index in [1.165, 1.54) is 6.07 Å². The van der Waals surface area contributed by atoms with Crippen molar-refractivity contribution in [2.45, 2.75) is 35.9 Å². The third-order valence-corrected chi connectivity index (χ3v) is 7.94. The molecule has 9 nitrogen and oxygen atoms in total. The van der Waals surface area contributed by atoms with E-state index in [2.05, 4.69) is 20.3 Å². The number of pyridine rings is 1. The van der Waals surface area contributed by atoms with Crippen LogP contribution in [0.25, 0.3) is 22.4 Å². The largest absolute Gasteiger partial charge is 0.454 e. The topological polar surface area (TPSA) is 130 Å². The molecule has 1 saturated carbocycles. The highest BCUT2D eigenvalue weighted by Gasteiger charge is 2.54. The number of hydrogen-bond donors (Lipinski definition) is 3. The maximum absolute atomic E-state index is 13.9. The molecule has 2 aromatic heterocycles. The Morgan fingerprint density at radius 3 is 2.66 bits per heavy atom. The number of amides is 3. The Balaban J connectivity index is 1.55. The number of alkyl halides is 3. The molecule has 2 aliphatic rings. The van der Waals surface area contributed by atoms with Gasteiger partial charge in [-0.1, -0.05) is 24.6 Å². The number of carbonyl (C=O) groups is 2. The van der Waals surface area contributed by atoms with Crippen molar-refractivity contribution in [1.82, 2.24) is 20.3 Å². The molecular weight excluding hydrogens is 489 g/mol. The summed E-state index contributed by atoms with van der Waals surface area (Å²) in [4.78, 5) is 26.9. The van der Waals surface area contributed by atoms with Crippen LogP contribution in [-0.4, -0.2) is 37.4 Å². The van der Waals surface area contributed by atoms with Crippen LogP contribution in [0.15, 0.2) is 51.9 Å². The van der Waals surface area contributed by atoms with Gasteiger partial charge < -0.3 is 9.73 Å². The minimum Gasteiger partial charge on any atom is -0.454 e. The zero-order chi connectivity index (χ0) is 25.0. The number of nitrogens with one attached hydrogen (secondary N) is 3. The molecule has 35 heavy (non-hydrogen) atoms. The zero-order valence-electron chi connectivity index (χ0n) is 18.0. The summed E-state index contributed by atoms with van der Waals surface area (Å²) in [7, 11) is -4.79. The molecule has 2 unspecified atom stereocenters. The highest BCUT2D eigenvalue weighted by Crippen LogP contribution is 2.41. The molecule has 3 aromatic rings. The average Bonchev–Trinajstić information content (AvgIpc) is 3.48. The van der Waals surface area contributed by atoms with Gasteiger partial charge in [-0.2, -0.15) is 13.2 Å². The maximum atomic E-state index is 13.9. The van der Waals surface area contributed by atoms with Crippen LogP contribution in [0.5, 0.6) is 0 Å². The number of rotatable bonds is 5. The average molecular weight is 508 g/mol. The van der Waals surface area contributed by atoms with Gasteiger partial charge in [-0.05, 0) is 31.0 Å². The minimum absolute atomic E-state index is 0.141. The summed E-state index contributed by atoms with van der Waals surface area (Å²) >= 11 is 0. The molecule has 5 rings (SSSR count). The van der Waals surface area contributed by atoms with E-state index in [0.717, 1.165) is 6.20 Å². The Labute approximate surface area is 197 Å². The molecule has 2 atom stereocenters. The first-order valence-electron chi connectivity index (χ1n) is 10.7. The maximum Gasteiger partial charge on any atom is 0.417 e. The summed E-state index contributed by atoms with van der Waals surface area (Å²) in [6.07, 6.45) is -2.91. The minimum atomic E-state index is -5.00. The number of furan rings is 1. The highest BCUT2D eigenvalue weighted by atomic mass is 32.2. The van der Waals surface area contributed by atoms with Crippen molar-refractivity contribution in [3.63, 3.8) is 0 Å². The summed E-state index contributed by atoms with van der Waals surface area (Å²) in [5.74, 6) is -1.37. The van der Waals surface area contributed by atoms with Crippen molar-refractivity contribution in [2.24, 2.45) is 5.92 Å². The van der Waals surface area contributed by atoms with Gasteiger partial charge in [0.05, 0.1) is 5.56 Å². The van der Waals surface area contributed by atoms with Crippen LogP contribution in [0, 0.1) is 5.92 Å². The molecular formula is C22H19F3N4O5S. The molecule has 0 bridgehead atoms. The van der Waals surface area contributed by atoms with Gasteiger partial charge in [0.1, 0.15) is 21.7 Å². The van der Waals surface area contributed by atoms with Gasteiger partial charge in [0, 0.05) is 24.0 Å². The molecule has 3 amide bonds. The molecule has 3 heterocycles. The number of hydrogen-bond acceptors (Lipinski definition) is 6. The van der Waals surface area contributed by atoms with E-state index in [0.29, 0.717) is 36.3 Å². The first-order chi connectivity index (χ1) is 16.5. The Morgan fingerprint density at radius 1 is 1.20 bits per heavy atom. The standard InChI is InChI=1S/C22H19F3N4O5S/c23-22(24,25)14-7-9-26-17(16-10-12-4-1-2-6-15(12)34-16)18(14)35(32,33)27-11-13-5-3-8-21(13)19(30)28-20(31)29-21/h1-2,4,6-7,9-10,13,27H,3,5,8,11H2,(H2,28,29,30,31). The van der Waals surface area contributed by atoms with E-state index >= 15 is 0 Å². The van der Waals surface area contributed by atoms with Crippen molar-refractivity contribution in [1.29, 1.82) is 0 Å². The smallest absolute Gasteiger partial charge is 0.417 e. The molecule has 2 fully saturated rings. The number of sulfonamides is 1. The van der Waals surface area contributed by atoms with Crippen molar-refractivity contribution >= 4 is 32.9 Å². The molecule has 1 saturated heterocycles. The van der Waals surface area contributed by atoms with Gasteiger partial charge in [0.15, 0.2) is 5.76 Å². The summed E-state index contributed by atoms with van der Waals surface area (Å²) in [5, 5.41) is 5.26. The lowest BCUT2D eigenvalue weighted by atomic mass is 9.87. The number of aromatic nitrogens is 1. The van der Waals surface area contributed by atoms with Crippen molar-refractivity contribution in [3.8, 4) is 11.5 Å². The van der Waals surface area contributed by atoms with Gasteiger partial charge in [0.2, 0.25) is 10.0 Å². The van der Waals surface area contributed by atoms with Crippen LogP contribution in [0.4, 0.5) is 18.0 Å². The molecule has 1 aliphatic heterocycles. The summed E-state index contributed by atoms with van der Waals surface area (Å²) in [5.41, 5.74) is -2.84. The molecule has 184 valence electrons. The number of imide groups is 1. The van der Waals surface area contributed by atoms with E-state index in [4.69, 9.17) is 4.42 Å². The quantitative estimate of drug-likeness (QED) is 0.454. The number of fused-ring (bicyclic) bond motifs is 1. The molecule has 1 aromatic carbocycles. The van der Waals surface area contributed by atoms with Gasteiger partial charge in [0.25, 0.3) is 5.91 Å². The van der Waals surface area contributed by atoms with Crippen LogP contribution in [0.2, 0.25) is 0 Å². The lowest BCUT2D eigenvalue weighted by Crippen LogP contribution is -2.53. The predicted molar refractivity (Wildman–Crippen MR) is 116 cm³/mol. The number of benzene rings is 1. The predicted octanol–water partition coefficient (Wildman–Crippen LogP) is 3.17. The number of carbonyl (C=O) groups excluding carboxylic acids is 2. The summed E-state index contributed by atoms with van der Waals surface area (Å²) < 4.78 is 76.2. The Kier molecular flexibility index (Phi) is 5.36. The monoisotopic (exact) mass is 508 g/mol. The second kappa shape index (κ2) is 8.05. The zero-order valence-corrected chi connectivity index (χ0v) is 18.8. The number of para-hydroxylation sites is 1. The van der Waals surface area contributed by atoms with E-state index < -0.39 is 55.7 Å². The van der Waals surface area contributed by atoms with E-state index in [9.17, 15) is 31.2 Å². The van der Waals surface area contributed by atoms with E-state index in [1.807, 2.05) is 0 Å². The van der Waals surface area contributed by atoms with E-state index in [1.54, 1.807) is 24.3 Å². The van der Waals surface area contributed by atoms with Crippen LogP contribution >= 0.6 is 0 Å². The van der Waals surface area contributed by atoms with Crippen LogP contribution in [-0.2, 0) is 21.0 Å². The molecule has 13 heteroatoms. The summed E-state index contributed by atoms with van der Waals surface area (Å²) in [6.45, 7) is -0.359. The second-order valence-electron chi connectivity index (χ2n) is 8.50. The first kappa shape index (κ1) is 23.3.